The number of aromatic hydroxyl groups is 1. The Morgan fingerprint density at radius 3 is 2.50 bits per heavy atom. The molecule has 0 aromatic heterocycles. The van der Waals surface area contributed by atoms with Gasteiger partial charge in [-0.1, -0.05) is 36.9 Å². The maximum atomic E-state index is 10.4. The zero-order chi connectivity index (χ0) is 14.2. The first-order valence-electron chi connectivity index (χ1n) is 7.27. The van der Waals surface area contributed by atoms with Crippen LogP contribution < -0.4 is 5.73 Å². The lowest BCUT2D eigenvalue weighted by molar-refractivity contribution is 0.291. The minimum atomic E-state index is -0.0706. The maximum absolute atomic E-state index is 10.4. The van der Waals surface area contributed by atoms with Crippen molar-refractivity contribution in [2.75, 3.05) is 6.54 Å². The predicted molar refractivity (Wildman–Crippen MR) is 84.4 cm³/mol. The van der Waals surface area contributed by atoms with Crippen LogP contribution in [-0.4, -0.2) is 11.7 Å². The van der Waals surface area contributed by atoms with Gasteiger partial charge in [-0.2, -0.15) is 0 Å². The fraction of sp³-hybridized carbons (Fsp3) is 0.412. The number of rotatable bonds is 2. The van der Waals surface area contributed by atoms with E-state index in [0.29, 0.717) is 12.3 Å². The summed E-state index contributed by atoms with van der Waals surface area (Å²) in [6, 6.07) is 9.66. The van der Waals surface area contributed by atoms with Crippen molar-refractivity contribution in [2.45, 2.75) is 37.5 Å². The van der Waals surface area contributed by atoms with Crippen molar-refractivity contribution in [1.82, 2.24) is 0 Å². The second kappa shape index (κ2) is 5.27. The monoisotopic (exact) mass is 289 g/mol. The zero-order valence-corrected chi connectivity index (χ0v) is 12.3. The first-order chi connectivity index (χ1) is 9.64. The van der Waals surface area contributed by atoms with E-state index >= 15 is 0 Å². The number of hydrogen-bond donors (Lipinski definition) is 2. The van der Waals surface area contributed by atoms with Gasteiger partial charge < -0.3 is 10.8 Å². The number of nitrogens with two attached hydrogens (primary N) is 1. The molecule has 2 aromatic carbocycles. The molecule has 0 bridgehead atoms. The van der Waals surface area contributed by atoms with Crippen molar-refractivity contribution in [3.05, 3.63) is 40.9 Å². The van der Waals surface area contributed by atoms with Crippen LogP contribution in [0.3, 0.4) is 0 Å². The normalized spacial score (nSPS) is 18.3. The average molecular weight is 290 g/mol. The fourth-order valence-electron chi connectivity index (χ4n) is 3.49. The van der Waals surface area contributed by atoms with Gasteiger partial charge in [-0.05, 0) is 47.9 Å². The Hall–Kier alpha value is -1.25. The molecular weight excluding hydrogens is 270 g/mol. The summed E-state index contributed by atoms with van der Waals surface area (Å²) in [5.74, 6) is 0.368. The molecule has 0 spiro atoms. The van der Waals surface area contributed by atoms with Crippen LogP contribution in [0.15, 0.2) is 30.3 Å². The summed E-state index contributed by atoms with van der Waals surface area (Å²) < 4.78 is 0. The van der Waals surface area contributed by atoms with E-state index in [2.05, 4.69) is 6.07 Å². The van der Waals surface area contributed by atoms with Crippen LogP contribution in [0.25, 0.3) is 10.8 Å². The number of fused-ring (bicyclic) bond motifs is 1. The second-order valence-electron chi connectivity index (χ2n) is 5.91. The van der Waals surface area contributed by atoms with Gasteiger partial charge in [-0.15, -0.1) is 0 Å². The number of benzene rings is 2. The molecular formula is C17H20ClNO. The van der Waals surface area contributed by atoms with Gasteiger partial charge in [0.1, 0.15) is 5.75 Å². The van der Waals surface area contributed by atoms with E-state index < -0.39 is 0 Å². The first kappa shape index (κ1) is 13.7. The van der Waals surface area contributed by atoms with E-state index in [-0.39, 0.29) is 5.41 Å². The summed E-state index contributed by atoms with van der Waals surface area (Å²) in [6.07, 6.45) is 5.75. The summed E-state index contributed by atoms with van der Waals surface area (Å²) in [5, 5.41) is 13.2. The quantitative estimate of drug-likeness (QED) is 0.863. The van der Waals surface area contributed by atoms with Crippen molar-refractivity contribution in [3.63, 3.8) is 0 Å². The van der Waals surface area contributed by atoms with Gasteiger partial charge in [0.25, 0.3) is 0 Å². The molecule has 0 aliphatic heterocycles. The van der Waals surface area contributed by atoms with E-state index in [1.807, 2.05) is 24.3 Å². The van der Waals surface area contributed by atoms with Gasteiger partial charge in [0.15, 0.2) is 0 Å². The molecule has 106 valence electrons. The molecule has 1 saturated carbocycles. The third-order valence-electron chi connectivity index (χ3n) is 4.69. The molecule has 3 rings (SSSR count). The van der Waals surface area contributed by atoms with Crippen molar-refractivity contribution >= 4 is 22.4 Å². The molecule has 3 heteroatoms. The molecule has 0 saturated heterocycles. The minimum absolute atomic E-state index is 0.0706. The molecule has 0 atom stereocenters. The van der Waals surface area contributed by atoms with Crippen LogP contribution in [0.4, 0.5) is 0 Å². The van der Waals surface area contributed by atoms with E-state index in [4.69, 9.17) is 17.3 Å². The lowest BCUT2D eigenvalue weighted by Gasteiger charge is -2.37. The molecule has 1 aliphatic carbocycles. The van der Waals surface area contributed by atoms with Crippen molar-refractivity contribution < 1.29 is 5.11 Å². The molecule has 3 N–H and O–H groups in total. The highest BCUT2D eigenvalue weighted by Crippen LogP contribution is 2.43. The largest absolute Gasteiger partial charge is 0.508 e. The van der Waals surface area contributed by atoms with Crippen LogP contribution >= 0.6 is 11.6 Å². The summed E-state index contributed by atoms with van der Waals surface area (Å²) in [5.41, 5.74) is 7.00. The standard InChI is InChI=1S/C17H20ClNO/c18-14-5-4-12-10-16(20)15(9-13(12)8-14)17(11-19)6-2-1-3-7-17/h4-5,8-10,20H,1-3,6-7,11,19H2. The van der Waals surface area contributed by atoms with Crippen molar-refractivity contribution in [2.24, 2.45) is 5.73 Å². The van der Waals surface area contributed by atoms with Crippen molar-refractivity contribution in [1.29, 1.82) is 0 Å². The average Bonchev–Trinajstić information content (AvgIpc) is 2.47. The summed E-state index contributed by atoms with van der Waals surface area (Å²) in [7, 11) is 0. The maximum Gasteiger partial charge on any atom is 0.120 e. The number of hydrogen-bond acceptors (Lipinski definition) is 2. The molecule has 0 unspecified atom stereocenters. The number of phenols is 1. The predicted octanol–water partition coefficient (Wildman–Crippen LogP) is 4.36. The first-order valence-corrected chi connectivity index (χ1v) is 7.65. The smallest absolute Gasteiger partial charge is 0.120 e. The SMILES string of the molecule is NCC1(c2cc3cc(Cl)ccc3cc2O)CCCCC1. The fourth-order valence-corrected chi connectivity index (χ4v) is 3.67. The van der Waals surface area contributed by atoms with Crippen LogP contribution in [0, 0.1) is 0 Å². The highest BCUT2D eigenvalue weighted by atomic mass is 35.5. The lowest BCUT2D eigenvalue weighted by Crippen LogP contribution is -2.37. The molecule has 0 heterocycles. The Bertz CT molecular complexity index is 632. The Balaban J connectivity index is 2.16. The molecule has 1 aliphatic rings. The molecule has 0 amide bonds. The Labute approximate surface area is 124 Å². The van der Waals surface area contributed by atoms with Gasteiger partial charge in [-0.3, -0.25) is 0 Å². The third-order valence-corrected chi connectivity index (χ3v) is 4.92. The van der Waals surface area contributed by atoms with E-state index in [1.54, 1.807) is 0 Å². The number of halogens is 1. The van der Waals surface area contributed by atoms with Gasteiger partial charge in [-0.25, -0.2) is 0 Å². The van der Waals surface area contributed by atoms with E-state index in [1.165, 1.54) is 19.3 Å². The van der Waals surface area contributed by atoms with Crippen LogP contribution in [0.5, 0.6) is 5.75 Å². The molecule has 20 heavy (non-hydrogen) atoms. The summed E-state index contributed by atoms with van der Waals surface area (Å²) >= 11 is 6.08. The van der Waals surface area contributed by atoms with Crippen LogP contribution in [0.2, 0.25) is 5.02 Å². The van der Waals surface area contributed by atoms with Gasteiger partial charge in [0.2, 0.25) is 0 Å². The van der Waals surface area contributed by atoms with E-state index in [0.717, 1.165) is 34.2 Å². The Morgan fingerprint density at radius 2 is 1.80 bits per heavy atom. The third kappa shape index (κ3) is 2.27. The lowest BCUT2D eigenvalue weighted by atomic mass is 9.69. The highest BCUT2D eigenvalue weighted by molar-refractivity contribution is 6.31. The second-order valence-corrected chi connectivity index (χ2v) is 6.34. The molecule has 1 fully saturated rings. The van der Waals surface area contributed by atoms with Crippen LogP contribution in [0.1, 0.15) is 37.7 Å². The zero-order valence-electron chi connectivity index (χ0n) is 11.5. The van der Waals surface area contributed by atoms with Gasteiger partial charge in [0, 0.05) is 22.5 Å². The van der Waals surface area contributed by atoms with Crippen molar-refractivity contribution in [3.8, 4) is 5.75 Å². The molecule has 2 nitrogen and oxygen atoms in total. The molecule has 0 radical (unpaired) electrons. The van der Waals surface area contributed by atoms with Gasteiger partial charge in [0.05, 0.1) is 0 Å². The topological polar surface area (TPSA) is 46.2 Å². The Morgan fingerprint density at radius 1 is 1.05 bits per heavy atom. The molecule has 2 aromatic rings. The summed E-state index contributed by atoms with van der Waals surface area (Å²) in [6.45, 7) is 0.590. The summed E-state index contributed by atoms with van der Waals surface area (Å²) in [4.78, 5) is 0. The highest BCUT2D eigenvalue weighted by Gasteiger charge is 2.34. The van der Waals surface area contributed by atoms with Crippen LogP contribution in [-0.2, 0) is 5.41 Å². The van der Waals surface area contributed by atoms with E-state index in [9.17, 15) is 5.11 Å². The Kier molecular flexibility index (Phi) is 3.61. The number of phenolic OH excluding ortho intramolecular Hbond substituents is 1. The minimum Gasteiger partial charge on any atom is -0.508 e. The van der Waals surface area contributed by atoms with Gasteiger partial charge >= 0.3 is 0 Å².